The largest absolute Gasteiger partial charge is 0.444 e. The van der Waals surface area contributed by atoms with Gasteiger partial charge in [0.1, 0.15) is 5.60 Å². The molecule has 1 amide bonds. The van der Waals surface area contributed by atoms with Crippen LogP contribution in [0.15, 0.2) is 24.3 Å². The summed E-state index contributed by atoms with van der Waals surface area (Å²) in [6, 6.07) is 5.40. The number of carbonyl (C=O) groups excluding carboxylic acids is 1. The lowest BCUT2D eigenvalue weighted by atomic mass is 9.95. The topological polar surface area (TPSA) is 72.7 Å². The van der Waals surface area contributed by atoms with Crippen molar-refractivity contribution in [1.82, 2.24) is 4.90 Å². The fourth-order valence-corrected chi connectivity index (χ4v) is 3.07. The van der Waals surface area contributed by atoms with Crippen molar-refractivity contribution in [2.75, 3.05) is 13.1 Å². The number of nitro benzene ring substituents is 1. The van der Waals surface area contributed by atoms with Crippen LogP contribution in [0.4, 0.5) is 10.5 Å². The zero-order valence-electron chi connectivity index (χ0n) is 14.9. The number of nitrogens with zero attached hydrogens (tertiary/aromatic N) is 2. The van der Waals surface area contributed by atoms with E-state index in [9.17, 15) is 14.9 Å². The van der Waals surface area contributed by atoms with Gasteiger partial charge in [0.15, 0.2) is 0 Å². The molecule has 1 aliphatic heterocycles. The minimum atomic E-state index is -0.501. The molecule has 1 aromatic rings. The van der Waals surface area contributed by atoms with Crippen LogP contribution in [0.2, 0.25) is 0 Å². The smallest absolute Gasteiger partial charge is 0.410 e. The van der Waals surface area contributed by atoms with Crippen molar-refractivity contribution in [2.45, 2.75) is 51.6 Å². The molecule has 3 rings (SSSR count). The molecular weight excluding hydrogens is 320 g/mol. The molecule has 2 aliphatic rings. The Morgan fingerprint density at radius 1 is 1.32 bits per heavy atom. The molecule has 0 aromatic heterocycles. The Bertz CT molecular complexity index is 729. The van der Waals surface area contributed by atoms with Crippen LogP contribution in [0.1, 0.15) is 57.1 Å². The van der Waals surface area contributed by atoms with E-state index in [-0.39, 0.29) is 16.7 Å². The van der Waals surface area contributed by atoms with Crippen molar-refractivity contribution >= 4 is 17.4 Å². The summed E-state index contributed by atoms with van der Waals surface area (Å²) in [4.78, 5) is 24.7. The van der Waals surface area contributed by atoms with E-state index in [4.69, 9.17) is 4.74 Å². The van der Waals surface area contributed by atoms with E-state index in [2.05, 4.69) is 0 Å². The van der Waals surface area contributed by atoms with Gasteiger partial charge in [0.05, 0.1) is 4.92 Å². The van der Waals surface area contributed by atoms with Gasteiger partial charge in [-0.25, -0.2) is 4.79 Å². The van der Waals surface area contributed by atoms with Crippen molar-refractivity contribution in [3.05, 3.63) is 45.5 Å². The van der Waals surface area contributed by atoms with Gasteiger partial charge in [-0.2, -0.15) is 0 Å². The van der Waals surface area contributed by atoms with Crippen LogP contribution in [0.3, 0.4) is 0 Å². The highest BCUT2D eigenvalue weighted by molar-refractivity contribution is 5.73. The second kappa shape index (κ2) is 6.50. The van der Waals surface area contributed by atoms with E-state index in [1.54, 1.807) is 11.0 Å². The molecule has 0 radical (unpaired) electrons. The predicted octanol–water partition coefficient (Wildman–Crippen LogP) is 4.50. The predicted molar refractivity (Wildman–Crippen MR) is 95.5 cm³/mol. The van der Waals surface area contributed by atoms with E-state index >= 15 is 0 Å². The first-order chi connectivity index (χ1) is 11.7. The molecule has 0 spiro atoms. The number of ether oxygens (including phenoxy) is 1. The Hall–Kier alpha value is -2.37. The normalized spacial score (nSPS) is 17.9. The Kier molecular flexibility index (Phi) is 4.54. The maximum absolute atomic E-state index is 12.1. The summed E-state index contributed by atoms with van der Waals surface area (Å²) in [5.74, 6) is 0.322. The highest BCUT2D eigenvalue weighted by Gasteiger charge is 2.31. The maximum Gasteiger partial charge on any atom is 0.410 e. The molecule has 6 nitrogen and oxygen atoms in total. The van der Waals surface area contributed by atoms with E-state index in [0.717, 1.165) is 36.0 Å². The van der Waals surface area contributed by atoms with Crippen LogP contribution < -0.4 is 0 Å². The Labute approximate surface area is 147 Å². The Morgan fingerprint density at radius 2 is 2.04 bits per heavy atom. The van der Waals surface area contributed by atoms with E-state index in [1.807, 2.05) is 39.0 Å². The van der Waals surface area contributed by atoms with Crippen molar-refractivity contribution in [2.24, 2.45) is 0 Å². The first-order valence-corrected chi connectivity index (χ1v) is 8.70. The number of rotatable bonds is 3. The second-order valence-corrected chi connectivity index (χ2v) is 7.71. The second-order valence-electron chi connectivity index (χ2n) is 7.71. The van der Waals surface area contributed by atoms with Gasteiger partial charge in [-0.1, -0.05) is 6.08 Å². The molecule has 0 N–H and O–H groups in total. The third-order valence-corrected chi connectivity index (χ3v) is 4.47. The minimum absolute atomic E-state index is 0.220. The van der Waals surface area contributed by atoms with Gasteiger partial charge in [-0.3, -0.25) is 10.1 Å². The average Bonchev–Trinajstić information content (AvgIpc) is 3.37. The first-order valence-electron chi connectivity index (χ1n) is 8.70. The highest BCUT2D eigenvalue weighted by Crippen LogP contribution is 2.45. The van der Waals surface area contributed by atoms with Gasteiger partial charge in [0.25, 0.3) is 5.69 Å². The van der Waals surface area contributed by atoms with Crippen LogP contribution in [0.25, 0.3) is 5.57 Å². The van der Waals surface area contributed by atoms with Crippen molar-refractivity contribution in [1.29, 1.82) is 0 Å². The van der Waals surface area contributed by atoms with Crippen LogP contribution >= 0.6 is 0 Å². The van der Waals surface area contributed by atoms with Crippen LogP contribution in [-0.4, -0.2) is 34.6 Å². The number of benzene rings is 1. The molecular formula is C19H24N2O4. The number of hydrogen-bond donors (Lipinski definition) is 0. The van der Waals surface area contributed by atoms with Crippen molar-refractivity contribution in [3.63, 3.8) is 0 Å². The van der Waals surface area contributed by atoms with E-state index in [0.29, 0.717) is 19.0 Å². The molecule has 1 fully saturated rings. The van der Waals surface area contributed by atoms with Crippen LogP contribution in [0.5, 0.6) is 0 Å². The van der Waals surface area contributed by atoms with Gasteiger partial charge < -0.3 is 9.64 Å². The zero-order chi connectivity index (χ0) is 18.2. The van der Waals surface area contributed by atoms with Gasteiger partial charge in [-0.05, 0) is 69.2 Å². The third kappa shape index (κ3) is 4.18. The first kappa shape index (κ1) is 17.5. The number of hydrogen-bond acceptors (Lipinski definition) is 4. The minimum Gasteiger partial charge on any atom is -0.444 e. The van der Waals surface area contributed by atoms with E-state index in [1.165, 1.54) is 0 Å². The molecule has 1 heterocycles. The Morgan fingerprint density at radius 3 is 2.56 bits per heavy atom. The maximum atomic E-state index is 12.1. The average molecular weight is 344 g/mol. The summed E-state index contributed by atoms with van der Waals surface area (Å²) in [5, 5.41) is 11.2. The lowest BCUT2D eigenvalue weighted by Gasteiger charge is -2.29. The van der Waals surface area contributed by atoms with Crippen LogP contribution in [-0.2, 0) is 4.74 Å². The Balaban J connectivity index is 1.74. The monoisotopic (exact) mass is 344 g/mol. The highest BCUT2D eigenvalue weighted by atomic mass is 16.6. The molecule has 6 heteroatoms. The SMILES string of the molecule is CC(C)(C)OC(=O)N1CC=C(c2ccc([N+](=O)[O-])c(C3CC3)c2)CC1. The molecule has 0 saturated heterocycles. The molecule has 1 aliphatic carbocycles. The summed E-state index contributed by atoms with van der Waals surface area (Å²) >= 11 is 0. The van der Waals surface area contributed by atoms with Gasteiger partial charge >= 0.3 is 6.09 Å². The molecule has 134 valence electrons. The number of amides is 1. The molecule has 1 aromatic carbocycles. The molecule has 25 heavy (non-hydrogen) atoms. The number of nitro groups is 1. The quantitative estimate of drug-likeness (QED) is 0.598. The summed E-state index contributed by atoms with van der Waals surface area (Å²) in [6.07, 6.45) is 4.49. The lowest BCUT2D eigenvalue weighted by Crippen LogP contribution is -2.39. The third-order valence-electron chi connectivity index (χ3n) is 4.47. The van der Waals surface area contributed by atoms with Crippen molar-refractivity contribution in [3.8, 4) is 0 Å². The summed E-state index contributed by atoms with van der Waals surface area (Å²) < 4.78 is 5.40. The standard InChI is InChI=1S/C19H24N2O4/c1-19(2,3)25-18(22)20-10-8-13(9-11-20)15-6-7-17(21(23)24)16(12-15)14-4-5-14/h6-8,12,14H,4-5,9-11H2,1-3H3. The molecule has 0 atom stereocenters. The summed E-state index contributed by atoms with van der Waals surface area (Å²) in [6.45, 7) is 6.65. The van der Waals surface area contributed by atoms with E-state index < -0.39 is 5.60 Å². The summed E-state index contributed by atoms with van der Waals surface area (Å²) in [7, 11) is 0. The molecule has 0 bridgehead atoms. The lowest BCUT2D eigenvalue weighted by molar-refractivity contribution is -0.385. The van der Waals surface area contributed by atoms with Gasteiger partial charge in [0, 0.05) is 24.7 Å². The van der Waals surface area contributed by atoms with Crippen molar-refractivity contribution < 1.29 is 14.5 Å². The van der Waals surface area contributed by atoms with Gasteiger partial charge in [0.2, 0.25) is 0 Å². The fraction of sp³-hybridized carbons (Fsp3) is 0.526. The number of carbonyl (C=O) groups is 1. The zero-order valence-corrected chi connectivity index (χ0v) is 14.9. The fourth-order valence-electron chi connectivity index (χ4n) is 3.07. The summed E-state index contributed by atoms with van der Waals surface area (Å²) in [5.41, 5.74) is 2.72. The molecule has 1 saturated carbocycles. The van der Waals surface area contributed by atoms with Gasteiger partial charge in [-0.15, -0.1) is 0 Å². The molecule has 0 unspecified atom stereocenters. The van der Waals surface area contributed by atoms with Crippen LogP contribution in [0, 0.1) is 10.1 Å².